The molecule has 0 atom stereocenters. The number of esters is 1. The number of aliphatic carboxylic acids is 1. The molecule has 1 heterocycles. The molecule has 328 valence electrons. The summed E-state index contributed by atoms with van der Waals surface area (Å²) in [5.74, 6) is -0.807. The summed E-state index contributed by atoms with van der Waals surface area (Å²) in [6, 6.07) is 23.3. The van der Waals surface area contributed by atoms with Crippen LogP contribution in [0.3, 0.4) is 0 Å². The van der Waals surface area contributed by atoms with Gasteiger partial charge in [0.15, 0.2) is 0 Å². The van der Waals surface area contributed by atoms with Gasteiger partial charge in [-0.1, -0.05) is 79.5 Å². The Hall–Kier alpha value is -5.77. The van der Waals surface area contributed by atoms with Gasteiger partial charge in [0, 0.05) is 44.0 Å². The predicted molar refractivity (Wildman–Crippen MR) is 215 cm³/mol. The summed E-state index contributed by atoms with van der Waals surface area (Å²) in [5, 5.41) is 17.7. The van der Waals surface area contributed by atoms with Crippen LogP contribution in [0.25, 0.3) is 0 Å². The number of nitrogens with zero attached hydrogens (tertiary/aromatic N) is 2. The van der Waals surface area contributed by atoms with E-state index in [1.54, 1.807) is 24.3 Å². The number of methoxy groups -OCH3 is 2. The van der Waals surface area contributed by atoms with Crippen LogP contribution in [-0.4, -0.2) is 84.2 Å². The molecule has 0 bridgehead atoms. The Kier molecular flexibility index (Phi) is 22.9. The molecule has 0 radical (unpaired) electrons. The smallest absolute Gasteiger partial charge is 0.416 e. The molecule has 0 aromatic heterocycles. The van der Waals surface area contributed by atoms with E-state index in [1.807, 2.05) is 54.8 Å². The van der Waals surface area contributed by atoms with Crippen LogP contribution in [0, 0.1) is 6.92 Å². The fourth-order valence-corrected chi connectivity index (χ4v) is 4.98. The van der Waals surface area contributed by atoms with Crippen LogP contribution in [0.2, 0.25) is 5.02 Å². The topological polar surface area (TPSA) is 134 Å². The number of aryl methyl sites for hydroxylation is 1. The molecule has 60 heavy (non-hydrogen) atoms. The third kappa shape index (κ3) is 21.3. The second-order valence-corrected chi connectivity index (χ2v) is 13.1. The van der Waals surface area contributed by atoms with Crippen molar-refractivity contribution < 1.29 is 65.2 Å². The fraction of sp³-hybridized carbons (Fsp3) is 0.349. The molecule has 0 aliphatic carbocycles. The normalized spacial score (nSPS) is 12.0. The molecule has 0 spiro atoms. The minimum Gasteiger partial charge on any atom is -0.508 e. The van der Waals surface area contributed by atoms with E-state index < -0.39 is 29.4 Å². The number of carboxylic acids is 1. The molecule has 0 unspecified atom stereocenters. The summed E-state index contributed by atoms with van der Waals surface area (Å²) < 4.78 is 80.9. The maximum atomic E-state index is 12.0. The first-order valence-corrected chi connectivity index (χ1v) is 18.7. The van der Waals surface area contributed by atoms with Crippen LogP contribution in [0.5, 0.6) is 11.5 Å². The van der Waals surface area contributed by atoms with E-state index in [2.05, 4.69) is 9.47 Å². The highest BCUT2D eigenvalue weighted by Gasteiger charge is 2.31. The Morgan fingerprint density at radius 2 is 1.10 bits per heavy atom. The lowest BCUT2D eigenvalue weighted by Gasteiger charge is -2.34. The van der Waals surface area contributed by atoms with E-state index in [0.29, 0.717) is 56.5 Å². The summed E-state index contributed by atoms with van der Waals surface area (Å²) in [7, 11) is 2.73. The second-order valence-electron chi connectivity index (χ2n) is 12.7. The van der Waals surface area contributed by atoms with Crippen molar-refractivity contribution in [1.82, 2.24) is 9.80 Å². The van der Waals surface area contributed by atoms with E-state index >= 15 is 0 Å². The van der Waals surface area contributed by atoms with Gasteiger partial charge in [0.05, 0.1) is 38.2 Å². The van der Waals surface area contributed by atoms with Gasteiger partial charge in [-0.05, 0) is 66.6 Å². The Bertz CT molecular complexity index is 1890. The lowest BCUT2D eigenvalue weighted by molar-refractivity contribution is -0.140. The Labute approximate surface area is 350 Å². The van der Waals surface area contributed by atoms with Gasteiger partial charge in [0.25, 0.3) is 0 Å². The van der Waals surface area contributed by atoms with Crippen molar-refractivity contribution in [2.24, 2.45) is 0 Å². The molecule has 4 aromatic carbocycles. The van der Waals surface area contributed by atoms with Crippen molar-refractivity contribution in [2.45, 2.75) is 58.8 Å². The van der Waals surface area contributed by atoms with Gasteiger partial charge in [-0.2, -0.15) is 26.3 Å². The second kappa shape index (κ2) is 26.4. The molecule has 4 aromatic rings. The number of rotatable bonds is 7. The quantitative estimate of drug-likeness (QED) is 0.139. The number of halogens is 7. The maximum absolute atomic E-state index is 12.0. The zero-order valence-corrected chi connectivity index (χ0v) is 34.5. The fourth-order valence-electron chi connectivity index (χ4n) is 4.86. The number of alkyl halides is 6. The highest BCUT2D eigenvalue weighted by atomic mass is 35.5. The van der Waals surface area contributed by atoms with Crippen molar-refractivity contribution >= 4 is 35.4 Å². The molecule has 1 aliphatic rings. The van der Waals surface area contributed by atoms with Crippen LogP contribution in [0.1, 0.15) is 54.5 Å². The molecule has 1 saturated heterocycles. The summed E-state index contributed by atoms with van der Waals surface area (Å²) in [5.41, 5.74) is 1.43. The number of carbonyl (C=O) groups is 4. The highest BCUT2D eigenvalue weighted by molar-refractivity contribution is 6.30. The molecule has 5 rings (SSSR count). The predicted octanol–water partition coefficient (Wildman–Crippen LogP) is 9.28. The van der Waals surface area contributed by atoms with Crippen molar-refractivity contribution in [2.75, 3.05) is 40.4 Å². The zero-order chi connectivity index (χ0) is 45.5. The number of piperazine rings is 1. The van der Waals surface area contributed by atoms with Crippen molar-refractivity contribution in [3.05, 3.63) is 130 Å². The van der Waals surface area contributed by atoms with Gasteiger partial charge in [0.2, 0.25) is 11.8 Å². The molecule has 17 heteroatoms. The summed E-state index contributed by atoms with van der Waals surface area (Å²) in [6.45, 7) is 8.52. The zero-order valence-electron chi connectivity index (χ0n) is 33.8. The number of hydrogen-bond donors (Lipinski definition) is 2. The monoisotopic (exact) mass is 870 g/mol. The van der Waals surface area contributed by atoms with Crippen molar-refractivity contribution in [3.63, 3.8) is 0 Å². The van der Waals surface area contributed by atoms with Crippen LogP contribution in [0.15, 0.2) is 97.1 Å². The van der Waals surface area contributed by atoms with Crippen molar-refractivity contribution in [3.8, 4) is 11.5 Å². The van der Waals surface area contributed by atoms with Crippen LogP contribution in [-0.2, 0) is 49.1 Å². The van der Waals surface area contributed by atoms with Gasteiger partial charge >= 0.3 is 24.3 Å². The SMILES string of the molecule is CCC(=O)N1CCN(C(=O)CC)CC1.COC(=O)Cc1ccc(C)cc1.COc1cccc(C(F)(F)F)c1.O=C(O)Cc1ccc(Cl)cc1.Oc1cccc(C(F)(F)F)c1. The summed E-state index contributed by atoms with van der Waals surface area (Å²) in [6.07, 6.45) is -7.15. The minimum absolute atomic E-state index is 0.0527. The van der Waals surface area contributed by atoms with Crippen molar-refractivity contribution in [1.29, 1.82) is 0 Å². The number of aromatic hydroxyl groups is 1. The van der Waals surface area contributed by atoms with Crippen LogP contribution >= 0.6 is 11.6 Å². The Balaban J connectivity index is 0.000000376. The number of carboxylic acid groups (broad SMARTS) is 1. The molecule has 2 N–H and O–H groups in total. The van der Waals surface area contributed by atoms with Gasteiger partial charge in [0.1, 0.15) is 11.5 Å². The lowest BCUT2D eigenvalue weighted by atomic mass is 10.1. The third-order valence-electron chi connectivity index (χ3n) is 8.13. The largest absolute Gasteiger partial charge is 0.508 e. The molecule has 0 saturated carbocycles. The number of carbonyl (C=O) groups excluding carboxylic acids is 3. The molecule has 2 amide bonds. The molecular formula is C43H49ClF6N2O8. The number of ether oxygens (including phenoxy) is 2. The first kappa shape index (κ1) is 52.2. The standard InChI is InChI=1S/C10H18N2O2.C10H12O2.C8H7ClO2.C8H7F3O.C7H5F3O/c1-3-9(13)11-5-7-12(8-6-11)10(14)4-2;1-8-3-5-9(6-4-8)7-10(11)12-2;9-7-3-1-6(2-4-7)5-8(10)11;1-12-7-4-2-3-6(5-7)8(9,10)11;8-7(9,10)5-2-1-3-6(11)4-5/h3-8H2,1-2H3;3-6H,7H2,1-2H3;1-4H,5H2,(H,10,11);2-5H,1H3;1-4,11H. The van der Waals surface area contributed by atoms with E-state index in [0.717, 1.165) is 35.4 Å². The van der Waals surface area contributed by atoms with Gasteiger partial charge < -0.3 is 29.5 Å². The highest BCUT2D eigenvalue weighted by Crippen LogP contribution is 2.31. The molecule has 1 aliphatic heterocycles. The summed E-state index contributed by atoms with van der Waals surface area (Å²) >= 11 is 5.60. The summed E-state index contributed by atoms with van der Waals surface area (Å²) in [4.78, 5) is 47.4. The van der Waals surface area contributed by atoms with E-state index in [1.165, 1.54) is 38.0 Å². The molecular weight excluding hydrogens is 822 g/mol. The maximum Gasteiger partial charge on any atom is 0.416 e. The number of phenolic OH excluding ortho intramolecular Hbond substituents is 1. The first-order chi connectivity index (χ1) is 28.1. The molecule has 1 fully saturated rings. The number of benzene rings is 4. The number of phenols is 1. The van der Waals surface area contributed by atoms with E-state index in [-0.39, 0.29) is 35.7 Å². The van der Waals surface area contributed by atoms with Gasteiger partial charge in [-0.25, -0.2) is 0 Å². The number of hydrogen-bond acceptors (Lipinski definition) is 7. The van der Waals surface area contributed by atoms with E-state index in [4.69, 9.17) is 21.8 Å². The van der Waals surface area contributed by atoms with Crippen LogP contribution < -0.4 is 4.74 Å². The van der Waals surface area contributed by atoms with Gasteiger partial charge in [-0.3, -0.25) is 19.2 Å². The minimum atomic E-state index is -4.38. The van der Waals surface area contributed by atoms with Gasteiger partial charge in [-0.15, -0.1) is 0 Å². The average Bonchev–Trinajstić information content (AvgIpc) is 3.22. The number of amides is 2. The third-order valence-corrected chi connectivity index (χ3v) is 8.38. The van der Waals surface area contributed by atoms with Crippen LogP contribution in [0.4, 0.5) is 26.3 Å². The Morgan fingerprint density at radius 1 is 0.667 bits per heavy atom. The molecule has 10 nitrogen and oxygen atoms in total. The average molecular weight is 871 g/mol. The Morgan fingerprint density at radius 3 is 1.48 bits per heavy atom. The lowest BCUT2D eigenvalue weighted by Crippen LogP contribution is -2.50. The first-order valence-electron chi connectivity index (χ1n) is 18.3. The van der Waals surface area contributed by atoms with E-state index in [9.17, 15) is 45.5 Å².